The Morgan fingerprint density at radius 2 is 2.10 bits per heavy atom. The highest BCUT2D eigenvalue weighted by Crippen LogP contribution is 2.21. The van der Waals surface area contributed by atoms with E-state index in [4.69, 9.17) is 5.11 Å². The average Bonchev–Trinajstić information content (AvgIpc) is 2.38. The summed E-state index contributed by atoms with van der Waals surface area (Å²) in [5.41, 5.74) is -0.0122. The maximum Gasteiger partial charge on any atom is 0.337 e. The first kappa shape index (κ1) is 16.2. The van der Waals surface area contributed by atoms with Crippen molar-refractivity contribution in [3.63, 3.8) is 0 Å². The Bertz CT molecular complexity index is 493. The summed E-state index contributed by atoms with van der Waals surface area (Å²) in [5.74, 6) is -0.450. The van der Waals surface area contributed by atoms with Crippen LogP contribution in [0, 0.1) is 0 Å². The van der Waals surface area contributed by atoms with Gasteiger partial charge in [-0.1, -0.05) is 0 Å². The smallest absolute Gasteiger partial charge is 0.337 e. The summed E-state index contributed by atoms with van der Waals surface area (Å²) < 4.78 is 0. The van der Waals surface area contributed by atoms with Crippen LogP contribution >= 0.6 is 11.8 Å². The molecule has 0 aliphatic rings. The predicted molar refractivity (Wildman–Crippen MR) is 79.7 cm³/mol. The number of thioether (sulfide) groups is 1. The van der Waals surface area contributed by atoms with Crippen LogP contribution in [-0.2, 0) is 0 Å². The fraction of sp³-hybridized carbons (Fsp3) is 0.385. The number of carbonyl (C=O) groups is 2. The van der Waals surface area contributed by atoms with Crippen LogP contribution < -0.4 is 10.6 Å². The molecule has 1 rings (SSSR count). The Morgan fingerprint density at radius 3 is 2.70 bits per heavy atom. The van der Waals surface area contributed by atoms with E-state index in [2.05, 4.69) is 10.6 Å². The summed E-state index contributed by atoms with van der Waals surface area (Å²) in [6.45, 7) is 1.88. The molecule has 2 amide bonds. The monoisotopic (exact) mass is 298 g/mol. The van der Waals surface area contributed by atoms with Gasteiger partial charge in [-0.15, -0.1) is 0 Å². The number of carboxylic acid groups (broad SMARTS) is 1. The molecule has 20 heavy (non-hydrogen) atoms. The van der Waals surface area contributed by atoms with Gasteiger partial charge < -0.3 is 20.8 Å². The molecule has 7 heteroatoms. The molecule has 0 aromatic heterocycles. The number of phenols is 1. The van der Waals surface area contributed by atoms with E-state index < -0.39 is 12.0 Å². The maximum atomic E-state index is 11.8. The Hall–Kier alpha value is -1.89. The minimum atomic E-state index is -1.22. The summed E-state index contributed by atoms with van der Waals surface area (Å²) in [4.78, 5) is 22.8. The van der Waals surface area contributed by atoms with E-state index in [1.165, 1.54) is 12.1 Å². The fourth-order valence-electron chi connectivity index (χ4n) is 1.57. The molecular weight excluding hydrogens is 280 g/mol. The molecule has 1 unspecified atom stereocenters. The van der Waals surface area contributed by atoms with Crippen molar-refractivity contribution < 1.29 is 19.8 Å². The van der Waals surface area contributed by atoms with Gasteiger partial charge in [0.05, 0.1) is 11.3 Å². The lowest BCUT2D eigenvalue weighted by Gasteiger charge is -2.15. The van der Waals surface area contributed by atoms with Crippen LogP contribution in [-0.4, -0.2) is 40.3 Å². The zero-order valence-corrected chi connectivity index (χ0v) is 12.2. The number of anilines is 1. The fourth-order valence-corrected chi connectivity index (χ4v) is 2.16. The number of urea groups is 1. The van der Waals surface area contributed by atoms with Crippen molar-refractivity contribution in [3.8, 4) is 5.75 Å². The quantitative estimate of drug-likeness (QED) is 0.604. The number of nitrogens with one attached hydrogen (secondary N) is 2. The van der Waals surface area contributed by atoms with Gasteiger partial charge in [0.25, 0.3) is 0 Å². The number of phenolic OH excluding ortho intramolecular Hbond substituents is 1. The third-order valence-corrected chi connectivity index (χ3v) is 3.26. The number of aromatic carboxylic acids is 1. The van der Waals surface area contributed by atoms with Crippen LogP contribution in [0.5, 0.6) is 5.75 Å². The SMILES string of the molecule is CSCCC(C)NC(=O)Nc1ccc(O)cc1C(=O)O. The van der Waals surface area contributed by atoms with Gasteiger partial charge >= 0.3 is 12.0 Å². The predicted octanol–water partition coefficient (Wildman–Crippen LogP) is 2.35. The number of carbonyl (C=O) groups excluding carboxylic acids is 1. The standard InChI is InChI=1S/C13H18N2O4S/c1-8(5-6-20-2)14-13(19)15-11-4-3-9(16)7-10(11)12(17)18/h3-4,7-8,16H,5-6H2,1-2H3,(H,17,18)(H2,14,15,19). The van der Waals surface area contributed by atoms with Gasteiger partial charge in [0, 0.05) is 6.04 Å². The Balaban J connectivity index is 2.68. The van der Waals surface area contributed by atoms with Crippen LogP contribution in [0.4, 0.5) is 10.5 Å². The molecule has 110 valence electrons. The number of hydrogen-bond donors (Lipinski definition) is 4. The minimum Gasteiger partial charge on any atom is -0.508 e. The van der Waals surface area contributed by atoms with E-state index in [0.717, 1.165) is 18.2 Å². The summed E-state index contributed by atoms with van der Waals surface area (Å²) in [6.07, 6.45) is 2.82. The molecule has 0 radical (unpaired) electrons. The molecule has 0 aliphatic heterocycles. The first-order chi connectivity index (χ1) is 9.43. The average molecular weight is 298 g/mol. The van der Waals surface area contributed by atoms with Crippen LogP contribution in [0.15, 0.2) is 18.2 Å². The van der Waals surface area contributed by atoms with Crippen molar-refractivity contribution >= 4 is 29.4 Å². The van der Waals surface area contributed by atoms with Crippen molar-refractivity contribution in [3.05, 3.63) is 23.8 Å². The first-order valence-corrected chi connectivity index (χ1v) is 7.46. The lowest BCUT2D eigenvalue weighted by molar-refractivity contribution is 0.0697. The molecular formula is C13H18N2O4S. The second-order valence-corrected chi connectivity index (χ2v) is 5.30. The number of aromatic hydroxyl groups is 1. The first-order valence-electron chi connectivity index (χ1n) is 6.06. The van der Waals surface area contributed by atoms with Gasteiger partial charge in [0.1, 0.15) is 5.75 Å². The van der Waals surface area contributed by atoms with Crippen molar-refractivity contribution in [1.29, 1.82) is 0 Å². The highest BCUT2D eigenvalue weighted by molar-refractivity contribution is 7.98. The van der Waals surface area contributed by atoms with Gasteiger partial charge in [-0.2, -0.15) is 11.8 Å². The molecule has 0 spiro atoms. The number of carboxylic acids is 1. The molecule has 0 heterocycles. The van der Waals surface area contributed by atoms with E-state index in [0.29, 0.717) is 0 Å². The molecule has 0 bridgehead atoms. The number of hydrogen-bond acceptors (Lipinski definition) is 4. The lowest BCUT2D eigenvalue weighted by atomic mass is 10.1. The van der Waals surface area contributed by atoms with E-state index in [-0.39, 0.29) is 23.0 Å². The molecule has 0 saturated heterocycles. The van der Waals surface area contributed by atoms with E-state index in [1.54, 1.807) is 11.8 Å². The zero-order valence-electron chi connectivity index (χ0n) is 11.3. The van der Waals surface area contributed by atoms with Gasteiger partial charge in [0.15, 0.2) is 0 Å². The molecule has 0 aliphatic carbocycles. The third kappa shape index (κ3) is 5.00. The molecule has 0 fully saturated rings. The third-order valence-electron chi connectivity index (χ3n) is 2.61. The lowest BCUT2D eigenvalue weighted by Crippen LogP contribution is -2.36. The zero-order chi connectivity index (χ0) is 15.1. The maximum absolute atomic E-state index is 11.8. The van der Waals surface area contributed by atoms with E-state index in [9.17, 15) is 14.7 Å². The Labute approximate surface area is 121 Å². The van der Waals surface area contributed by atoms with Crippen LogP contribution in [0.2, 0.25) is 0 Å². The highest BCUT2D eigenvalue weighted by Gasteiger charge is 2.14. The van der Waals surface area contributed by atoms with E-state index in [1.807, 2.05) is 13.2 Å². The number of benzene rings is 1. The summed E-state index contributed by atoms with van der Waals surface area (Å²) >= 11 is 1.69. The van der Waals surface area contributed by atoms with Gasteiger partial charge in [-0.05, 0) is 43.6 Å². The van der Waals surface area contributed by atoms with Crippen molar-refractivity contribution in [2.45, 2.75) is 19.4 Å². The van der Waals surface area contributed by atoms with Gasteiger partial charge in [-0.3, -0.25) is 0 Å². The van der Waals surface area contributed by atoms with Crippen LogP contribution in [0.1, 0.15) is 23.7 Å². The van der Waals surface area contributed by atoms with Gasteiger partial charge in [-0.25, -0.2) is 9.59 Å². The largest absolute Gasteiger partial charge is 0.508 e. The molecule has 4 N–H and O–H groups in total. The minimum absolute atomic E-state index is 0.00663. The van der Waals surface area contributed by atoms with Crippen molar-refractivity contribution in [2.75, 3.05) is 17.3 Å². The number of amides is 2. The second-order valence-electron chi connectivity index (χ2n) is 4.32. The molecule has 1 aromatic rings. The van der Waals surface area contributed by atoms with Crippen molar-refractivity contribution in [2.24, 2.45) is 0 Å². The Morgan fingerprint density at radius 1 is 1.40 bits per heavy atom. The van der Waals surface area contributed by atoms with Crippen LogP contribution in [0.25, 0.3) is 0 Å². The number of rotatable bonds is 6. The highest BCUT2D eigenvalue weighted by atomic mass is 32.2. The van der Waals surface area contributed by atoms with Crippen LogP contribution in [0.3, 0.4) is 0 Å². The molecule has 0 saturated carbocycles. The summed E-state index contributed by atoms with van der Waals surface area (Å²) in [7, 11) is 0. The molecule has 1 aromatic carbocycles. The Kier molecular flexibility index (Phi) is 6.17. The second kappa shape index (κ2) is 7.64. The van der Waals surface area contributed by atoms with Gasteiger partial charge in [0.2, 0.25) is 0 Å². The normalized spacial score (nSPS) is 11.7. The van der Waals surface area contributed by atoms with Crippen molar-refractivity contribution in [1.82, 2.24) is 5.32 Å². The van der Waals surface area contributed by atoms with E-state index >= 15 is 0 Å². The summed E-state index contributed by atoms with van der Waals surface area (Å²) in [5, 5.41) is 23.5. The molecule has 1 atom stereocenters. The summed E-state index contributed by atoms with van der Waals surface area (Å²) in [6, 6.07) is 3.29. The topological polar surface area (TPSA) is 98.7 Å². The molecule has 6 nitrogen and oxygen atoms in total.